The van der Waals surface area contributed by atoms with Gasteiger partial charge in [0, 0.05) is 49.6 Å². The lowest BCUT2D eigenvalue weighted by atomic mass is 10.1. The van der Waals surface area contributed by atoms with Crippen LogP contribution in [0.2, 0.25) is 0 Å². The molecule has 0 radical (unpaired) electrons. The number of fused-ring (bicyclic) bond motifs is 1. The summed E-state index contributed by atoms with van der Waals surface area (Å²) in [5.41, 5.74) is 2.75. The average molecular weight is 497 g/mol. The number of anilines is 1. The average Bonchev–Trinajstić information content (AvgIpc) is 3.27. The third kappa shape index (κ3) is 5.07. The molecule has 7 nitrogen and oxygen atoms in total. The molecule has 178 valence electrons. The van der Waals surface area contributed by atoms with Crippen LogP contribution in [-0.4, -0.2) is 48.1 Å². The zero-order valence-corrected chi connectivity index (χ0v) is 20.6. The first-order valence-corrected chi connectivity index (χ1v) is 13.9. The summed E-state index contributed by atoms with van der Waals surface area (Å²) in [5, 5.41) is 3.48. The molecule has 3 heterocycles. The molecule has 1 N–H and O–H groups in total. The highest BCUT2D eigenvalue weighted by atomic mass is 32.2. The molecule has 0 aliphatic carbocycles. The van der Waals surface area contributed by atoms with Gasteiger partial charge in [-0.15, -0.1) is 11.3 Å². The molecule has 2 aliphatic rings. The third-order valence-corrected chi connectivity index (χ3v) is 9.26. The fourth-order valence-corrected chi connectivity index (χ4v) is 7.04. The molecule has 0 spiro atoms. The number of thiazole rings is 1. The second-order valence-corrected chi connectivity index (χ2v) is 11.8. The third-order valence-electron chi connectivity index (χ3n) is 6.35. The topological polar surface area (TPSA) is 82.6 Å². The number of carbonyl (C=O) groups excluding carboxylic acids is 1. The molecule has 34 heavy (non-hydrogen) atoms. The SMILES string of the molecule is O=C(Nc1nc2c(s1)CN(Cc1ccccc1)CC2)c1ccc(S(=O)(=O)N2CCCCC2)cc1. The van der Waals surface area contributed by atoms with Gasteiger partial charge in [-0.05, 0) is 42.7 Å². The van der Waals surface area contributed by atoms with E-state index < -0.39 is 10.0 Å². The van der Waals surface area contributed by atoms with Crippen LogP contribution in [0.4, 0.5) is 5.13 Å². The number of hydrogen-bond donors (Lipinski definition) is 1. The van der Waals surface area contributed by atoms with Crippen molar-refractivity contribution >= 4 is 32.4 Å². The molecule has 1 aromatic heterocycles. The summed E-state index contributed by atoms with van der Waals surface area (Å²) in [6, 6.07) is 16.6. The smallest absolute Gasteiger partial charge is 0.257 e. The molecule has 2 aromatic carbocycles. The highest BCUT2D eigenvalue weighted by Crippen LogP contribution is 2.29. The van der Waals surface area contributed by atoms with Crippen LogP contribution in [0.25, 0.3) is 0 Å². The van der Waals surface area contributed by atoms with Crippen LogP contribution < -0.4 is 5.32 Å². The number of piperidine rings is 1. The first kappa shape index (κ1) is 23.2. The molecule has 0 atom stereocenters. The first-order chi connectivity index (χ1) is 16.5. The lowest BCUT2D eigenvalue weighted by Gasteiger charge is -2.25. The van der Waals surface area contributed by atoms with E-state index in [1.165, 1.54) is 38.2 Å². The molecule has 2 aliphatic heterocycles. The molecule has 0 unspecified atom stereocenters. The van der Waals surface area contributed by atoms with Crippen molar-refractivity contribution in [1.29, 1.82) is 0 Å². The lowest BCUT2D eigenvalue weighted by molar-refractivity contribution is 0.102. The summed E-state index contributed by atoms with van der Waals surface area (Å²) in [7, 11) is -3.51. The Bertz CT molecular complexity index is 1250. The second-order valence-electron chi connectivity index (χ2n) is 8.78. The van der Waals surface area contributed by atoms with Crippen LogP contribution in [0.15, 0.2) is 59.5 Å². The van der Waals surface area contributed by atoms with Crippen LogP contribution in [0.3, 0.4) is 0 Å². The zero-order valence-electron chi connectivity index (χ0n) is 18.9. The fourth-order valence-electron chi connectivity index (χ4n) is 4.48. The number of rotatable bonds is 6. The molecule has 0 saturated carbocycles. The van der Waals surface area contributed by atoms with Crippen LogP contribution >= 0.6 is 11.3 Å². The number of carbonyl (C=O) groups is 1. The van der Waals surface area contributed by atoms with E-state index in [1.54, 1.807) is 12.1 Å². The van der Waals surface area contributed by atoms with Gasteiger partial charge in [-0.3, -0.25) is 15.0 Å². The minimum atomic E-state index is -3.51. The highest BCUT2D eigenvalue weighted by molar-refractivity contribution is 7.89. The summed E-state index contributed by atoms with van der Waals surface area (Å²) in [6.07, 6.45) is 3.71. The van der Waals surface area contributed by atoms with Crippen molar-refractivity contribution < 1.29 is 13.2 Å². The summed E-state index contributed by atoms with van der Waals surface area (Å²) in [5.74, 6) is -0.283. The van der Waals surface area contributed by atoms with E-state index in [2.05, 4.69) is 39.5 Å². The summed E-state index contributed by atoms with van der Waals surface area (Å²) in [4.78, 5) is 21.2. The van der Waals surface area contributed by atoms with Gasteiger partial charge in [0.25, 0.3) is 5.91 Å². The summed E-state index contributed by atoms with van der Waals surface area (Å²) in [6.45, 7) is 3.77. The quantitative estimate of drug-likeness (QED) is 0.555. The predicted octanol–water partition coefficient (Wildman–Crippen LogP) is 4.13. The van der Waals surface area contributed by atoms with Gasteiger partial charge >= 0.3 is 0 Å². The molecular formula is C25H28N4O3S2. The van der Waals surface area contributed by atoms with E-state index in [4.69, 9.17) is 0 Å². The van der Waals surface area contributed by atoms with Gasteiger partial charge in [0.15, 0.2) is 5.13 Å². The Kier molecular flexibility index (Phi) is 6.78. The van der Waals surface area contributed by atoms with Gasteiger partial charge in [-0.2, -0.15) is 4.31 Å². The number of nitrogens with zero attached hydrogens (tertiary/aromatic N) is 3. The molecule has 0 bridgehead atoms. The second kappa shape index (κ2) is 9.95. The van der Waals surface area contributed by atoms with E-state index >= 15 is 0 Å². The van der Waals surface area contributed by atoms with Gasteiger partial charge in [0.1, 0.15) is 0 Å². The van der Waals surface area contributed by atoms with Crippen molar-refractivity contribution in [3.63, 3.8) is 0 Å². The molecule has 9 heteroatoms. The van der Waals surface area contributed by atoms with E-state index in [9.17, 15) is 13.2 Å². The Labute approximate surface area is 204 Å². The standard InChI is InChI=1S/C25H28N4O3S2/c30-24(20-9-11-21(12-10-20)34(31,32)29-14-5-2-6-15-29)27-25-26-22-13-16-28(18-23(22)33-25)17-19-7-3-1-4-8-19/h1,3-4,7-12H,2,5-6,13-18H2,(H,26,27,30). The highest BCUT2D eigenvalue weighted by Gasteiger charge is 2.26. The van der Waals surface area contributed by atoms with Crippen LogP contribution in [0, 0.1) is 0 Å². The minimum absolute atomic E-state index is 0.231. The maximum atomic E-state index is 12.8. The predicted molar refractivity (Wildman–Crippen MR) is 133 cm³/mol. The number of benzene rings is 2. The Morgan fingerprint density at radius 1 is 0.971 bits per heavy atom. The zero-order chi connectivity index (χ0) is 23.5. The number of amides is 1. The number of sulfonamides is 1. The number of aromatic nitrogens is 1. The monoisotopic (exact) mass is 496 g/mol. The lowest BCUT2D eigenvalue weighted by Crippen LogP contribution is -2.35. The Morgan fingerprint density at radius 2 is 1.71 bits per heavy atom. The maximum absolute atomic E-state index is 12.8. The van der Waals surface area contributed by atoms with E-state index in [1.807, 2.05) is 6.07 Å². The minimum Gasteiger partial charge on any atom is -0.298 e. The molecule has 3 aromatic rings. The fraction of sp³-hybridized carbons (Fsp3) is 0.360. The molecule has 1 amide bonds. The first-order valence-electron chi connectivity index (χ1n) is 11.7. The van der Waals surface area contributed by atoms with Gasteiger partial charge in [-0.25, -0.2) is 13.4 Å². The van der Waals surface area contributed by atoms with Crippen molar-refractivity contribution in [2.24, 2.45) is 0 Å². The van der Waals surface area contributed by atoms with E-state index in [-0.39, 0.29) is 10.8 Å². The largest absolute Gasteiger partial charge is 0.298 e. The van der Waals surface area contributed by atoms with Crippen molar-refractivity contribution in [1.82, 2.24) is 14.2 Å². The normalized spacial score (nSPS) is 17.3. The Hall–Kier alpha value is -2.59. The van der Waals surface area contributed by atoms with E-state index in [0.29, 0.717) is 23.8 Å². The van der Waals surface area contributed by atoms with Crippen LogP contribution in [0.1, 0.15) is 45.8 Å². The molecule has 1 fully saturated rings. The van der Waals surface area contributed by atoms with Crippen molar-refractivity contribution in [2.75, 3.05) is 25.0 Å². The molecule has 5 rings (SSSR count). The molecule has 1 saturated heterocycles. The van der Waals surface area contributed by atoms with Crippen LogP contribution in [-0.2, 0) is 29.5 Å². The van der Waals surface area contributed by atoms with E-state index in [0.717, 1.165) is 51.0 Å². The van der Waals surface area contributed by atoms with Gasteiger partial charge in [0.2, 0.25) is 10.0 Å². The Balaban J connectivity index is 1.22. The Morgan fingerprint density at radius 3 is 2.44 bits per heavy atom. The summed E-state index contributed by atoms with van der Waals surface area (Å²) < 4.78 is 27.2. The van der Waals surface area contributed by atoms with Gasteiger partial charge in [-0.1, -0.05) is 36.8 Å². The number of hydrogen-bond acceptors (Lipinski definition) is 6. The molecular weight excluding hydrogens is 468 g/mol. The van der Waals surface area contributed by atoms with Crippen molar-refractivity contribution in [2.45, 2.75) is 43.7 Å². The van der Waals surface area contributed by atoms with Crippen molar-refractivity contribution in [3.8, 4) is 0 Å². The van der Waals surface area contributed by atoms with Crippen LogP contribution in [0.5, 0.6) is 0 Å². The van der Waals surface area contributed by atoms with Gasteiger partial charge < -0.3 is 0 Å². The van der Waals surface area contributed by atoms with Gasteiger partial charge in [0.05, 0.1) is 10.6 Å². The van der Waals surface area contributed by atoms with Crippen molar-refractivity contribution in [3.05, 3.63) is 76.3 Å². The number of nitrogens with one attached hydrogen (secondary N) is 1. The summed E-state index contributed by atoms with van der Waals surface area (Å²) >= 11 is 1.51. The maximum Gasteiger partial charge on any atom is 0.257 e.